The minimum absolute atomic E-state index is 0.123. The van der Waals surface area contributed by atoms with E-state index >= 15 is 0 Å². The summed E-state index contributed by atoms with van der Waals surface area (Å²) in [4.78, 5) is 12.5. The Bertz CT molecular complexity index is 391. The van der Waals surface area contributed by atoms with Crippen molar-refractivity contribution in [1.82, 2.24) is 5.10 Å². The molecule has 0 amide bonds. The van der Waals surface area contributed by atoms with E-state index in [9.17, 15) is 9.28 Å². The number of nitrogens with zero attached hydrogens (tertiary/aromatic N) is 3. The number of anilines is 1. The number of hydrogen-bond donors (Lipinski definition) is 1. The molecule has 6 heteroatoms. The second-order valence-electron chi connectivity index (χ2n) is 3.46. The molecule has 1 aromatic heterocycles. The predicted octanol–water partition coefficient (Wildman–Crippen LogP) is 0.400. The summed E-state index contributed by atoms with van der Waals surface area (Å²) in [5, 5.41) is 12.1. The third kappa shape index (κ3) is 1.88. The van der Waals surface area contributed by atoms with Crippen LogP contribution in [0, 0.1) is 0 Å². The minimum Gasteiger partial charge on any atom is -0.473 e. The van der Waals surface area contributed by atoms with Gasteiger partial charge in [-0.3, -0.25) is 0 Å². The average Bonchev–Trinajstić information content (AvgIpc) is 2.71. The van der Waals surface area contributed by atoms with Gasteiger partial charge >= 0.3 is 11.7 Å². The minimum atomic E-state index is -1.31. The van der Waals surface area contributed by atoms with E-state index in [0.717, 1.165) is 25.9 Å². The van der Waals surface area contributed by atoms with Crippen LogP contribution in [-0.4, -0.2) is 29.3 Å². The quantitative estimate of drug-likeness (QED) is 0.771. The topological polar surface area (TPSA) is 57.3 Å². The summed E-state index contributed by atoms with van der Waals surface area (Å²) in [6.45, 7) is 1.74. The van der Waals surface area contributed by atoms with Gasteiger partial charge in [-0.05, 0) is 12.8 Å². The van der Waals surface area contributed by atoms with Crippen LogP contribution in [0.3, 0.4) is 0 Å². The fraction of sp³-hybridized carbons (Fsp3) is 0.444. The van der Waals surface area contributed by atoms with Gasteiger partial charge in [-0.2, -0.15) is 0 Å². The van der Waals surface area contributed by atoms with Crippen molar-refractivity contribution in [2.75, 3.05) is 18.0 Å². The van der Waals surface area contributed by atoms with Crippen LogP contribution in [0.2, 0.25) is 0 Å². The maximum atomic E-state index is 12.9. The van der Waals surface area contributed by atoms with Crippen LogP contribution in [0.15, 0.2) is 12.3 Å². The molecule has 2 heterocycles. The number of hydrogen-bond acceptors (Lipinski definition) is 3. The highest BCUT2D eigenvalue weighted by molar-refractivity contribution is 5.84. The lowest BCUT2D eigenvalue weighted by atomic mass is 10.3. The van der Waals surface area contributed by atoms with Gasteiger partial charge in [0.2, 0.25) is 0 Å². The highest BCUT2D eigenvalue weighted by Gasteiger charge is 2.25. The number of aromatic nitrogens is 2. The summed E-state index contributed by atoms with van der Waals surface area (Å²) in [5.41, 5.74) is 0.221. The molecular weight excluding hydrogens is 201 g/mol. The van der Waals surface area contributed by atoms with Crippen molar-refractivity contribution < 1.29 is 19.3 Å². The van der Waals surface area contributed by atoms with Gasteiger partial charge in [-0.1, -0.05) is 0 Å². The lowest BCUT2D eigenvalue weighted by molar-refractivity contribution is -0.893. The molecule has 0 aliphatic carbocycles. The monoisotopic (exact) mass is 212 g/mol. The Morgan fingerprint density at radius 1 is 1.53 bits per heavy atom. The number of carbonyl (C=O) groups is 1. The molecule has 0 atom stereocenters. The molecule has 0 radical (unpaired) electrons. The van der Waals surface area contributed by atoms with Gasteiger partial charge in [0, 0.05) is 18.2 Å². The van der Waals surface area contributed by atoms with Crippen molar-refractivity contribution in [3.05, 3.63) is 18.0 Å². The van der Waals surface area contributed by atoms with E-state index in [2.05, 4.69) is 5.10 Å². The number of carboxylic acids is 1. The van der Waals surface area contributed by atoms with Gasteiger partial charge in [0.1, 0.15) is 10.7 Å². The Kier molecular flexibility index (Phi) is 2.49. The first kappa shape index (κ1) is 9.82. The van der Waals surface area contributed by atoms with Gasteiger partial charge in [0.25, 0.3) is 0 Å². The molecular formula is C9H11FN3O2+. The molecule has 2 rings (SSSR count). The highest BCUT2D eigenvalue weighted by Crippen LogP contribution is 2.18. The van der Waals surface area contributed by atoms with Gasteiger partial charge in [-0.15, -0.1) is 0 Å². The first-order valence-electron chi connectivity index (χ1n) is 4.75. The predicted molar refractivity (Wildman–Crippen MR) is 49.3 cm³/mol. The zero-order chi connectivity index (χ0) is 10.8. The molecule has 1 aliphatic heterocycles. The zero-order valence-electron chi connectivity index (χ0n) is 8.06. The van der Waals surface area contributed by atoms with Crippen LogP contribution in [0.1, 0.15) is 23.3 Å². The number of halogens is 1. The van der Waals surface area contributed by atoms with Crippen LogP contribution < -0.4 is 9.80 Å². The van der Waals surface area contributed by atoms with Crippen molar-refractivity contribution >= 4 is 11.7 Å². The van der Waals surface area contributed by atoms with E-state index in [1.54, 1.807) is 0 Å². The molecule has 0 bridgehead atoms. The van der Waals surface area contributed by atoms with E-state index in [1.165, 1.54) is 12.3 Å². The Labute approximate surface area is 85.7 Å². The van der Waals surface area contributed by atoms with Gasteiger partial charge in [-0.25, -0.2) is 4.79 Å². The van der Waals surface area contributed by atoms with E-state index in [4.69, 9.17) is 5.11 Å². The Hall–Kier alpha value is -1.72. The first-order chi connectivity index (χ1) is 7.18. The van der Waals surface area contributed by atoms with Crippen molar-refractivity contribution in [3.8, 4) is 0 Å². The van der Waals surface area contributed by atoms with E-state index in [-0.39, 0.29) is 4.90 Å². The molecule has 1 fully saturated rings. The summed E-state index contributed by atoms with van der Waals surface area (Å²) in [7, 11) is 0. The van der Waals surface area contributed by atoms with Crippen LogP contribution >= 0.6 is 0 Å². The third-order valence-electron chi connectivity index (χ3n) is 2.47. The van der Waals surface area contributed by atoms with Crippen LogP contribution in [0.5, 0.6) is 0 Å². The molecule has 0 spiro atoms. The fourth-order valence-electron chi connectivity index (χ4n) is 1.69. The number of aromatic carboxylic acids is 1. The van der Waals surface area contributed by atoms with Crippen LogP contribution in [0.25, 0.3) is 0 Å². The Balaban J connectivity index is 2.33. The maximum absolute atomic E-state index is 12.9. The molecule has 1 saturated heterocycles. The fourth-order valence-corrected chi connectivity index (χ4v) is 1.69. The molecule has 15 heavy (non-hydrogen) atoms. The molecule has 1 aromatic rings. The molecule has 1 aliphatic rings. The summed E-state index contributed by atoms with van der Waals surface area (Å²) >= 11 is 0. The van der Waals surface area contributed by atoms with Crippen LogP contribution in [-0.2, 0) is 0 Å². The molecule has 0 saturated carbocycles. The Morgan fingerprint density at radius 3 is 2.80 bits per heavy atom. The summed E-state index contributed by atoms with van der Waals surface area (Å²) in [5.74, 6) is -1.31. The number of carboxylic acid groups (broad SMARTS) is 1. The molecule has 0 unspecified atom stereocenters. The van der Waals surface area contributed by atoms with Crippen LogP contribution in [0.4, 0.5) is 10.2 Å². The lowest BCUT2D eigenvalue weighted by Crippen LogP contribution is -2.36. The molecule has 5 nitrogen and oxygen atoms in total. The third-order valence-corrected chi connectivity index (χ3v) is 2.47. The standard InChI is InChI=1S/C9H10FN3O2/c10-13-8(9(14)15)5-7(6-11-13)12-3-1-2-4-12/h5-6H,1-4H2/p+1. The highest BCUT2D eigenvalue weighted by atomic mass is 19.2. The summed E-state index contributed by atoms with van der Waals surface area (Å²) < 4.78 is 12.9. The van der Waals surface area contributed by atoms with E-state index < -0.39 is 11.7 Å². The normalized spacial score (nSPS) is 15.7. The van der Waals surface area contributed by atoms with Gasteiger partial charge < -0.3 is 10.0 Å². The van der Waals surface area contributed by atoms with Crippen molar-refractivity contribution in [2.45, 2.75) is 12.8 Å². The van der Waals surface area contributed by atoms with Crippen molar-refractivity contribution in [2.24, 2.45) is 0 Å². The second kappa shape index (κ2) is 3.80. The lowest BCUT2D eigenvalue weighted by Gasteiger charge is -2.15. The maximum Gasteiger partial charge on any atom is 0.408 e. The molecule has 80 valence electrons. The second-order valence-corrected chi connectivity index (χ2v) is 3.46. The molecule has 0 aromatic carbocycles. The Morgan fingerprint density at radius 2 is 2.20 bits per heavy atom. The van der Waals surface area contributed by atoms with Crippen molar-refractivity contribution in [3.63, 3.8) is 0 Å². The summed E-state index contributed by atoms with van der Waals surface area (Å²) in [6, 6.07) is 1.31. The summed E-state index contributed by atoms with van der Waals surface area (Å²) in [6.07, 6.45) is 3.50. The zero-order valence-corrected chi connectivity index (χ0v) is 8.06. The van der Waals surface area contributed by atoms with E-state index in [1.807, 2.05) is 4.90 Å². The number of rotatable bonds is 2. The first-order valence-corrected chi connectivity index (χ1v) is 4.75. The van der Waals surface area contributed by atoms with Crippen molar-refractivity contribution in [1.29, 1.82) is 0 Å². The van der Waals surface area contributed by atoms with Gasteiger partial charge in [0.05, 0.1) is 11.8 Å². The van der Waals surface area contributed by atoms with E-state index in [0.29, 0.717) is 5.69 Å². The smallest absolute Gasteiger partial charge is 0.408 e. The largest absolute Gasteiger partial charge is 0.473 e. The average molecular weight is 212 g/mol. The molecule has 1 N–H and O–H groups in total. The SMILES string of the molecule is O=C(O)c1cc(N2CCCC2)cn[n+]1F. The van der Waals surface area contributed by atoms with Gasteiger partial charge in [0.15, 0.2) is 4.90 Å².